The molecule has 1 amide bonds. The average molecular weight is 493 g/mol. The average Bonchev–Trinajstić information content (AvgIpc) is 3.44. The number of rotatable bonds is 5. The SMILES string of the molecule is Bc1ccc(C(=O)N2CCC(N3CCN(c4ncc(C5=NCCN5)cc4Cl)C[C@@H]3CC)CC2)cc1. The van der Waals surface area contributed by atoms with Crippen LogP contribution in [0.15, 0.2) is 41.5 Å². The highest BCUT2D eigenvalue weighted by Crippen LogP contribution is 2.30. The van der Waals surface area contributed by atoms with Crippen molar-refractivity contribution >= 4 is 42.5 Å². The fourth-order valence-corrected chi connectivity index (χ4v) is 5.86. The number of hydrogen-bond acceptors (Lipinski definition) is 6. The Balaban J connectivity index is 1.19. The zero-order valence-electron chi connectivity index (χ0n) is 20.7. The molecular formula is C26H34BClN6O. The molecule has 9 heteroatoms. The number of hydrogen-bond donors (Lipinski definition) is 1. The molecule has 1 aromatic heterocycles. The van der Waals surface area contributed by atoms with Crippen molar-refractivity contribution in [1.82, 2.24) is 20.1 Å². The number of aromatic nitrogens is 1. The fourth-order valence-electron chi connectivity index (χ4n) is 5.57. The van der Waals surface area contributed by atoms with E-state index in [1.807, 2.05) is 49.3 Å². The Morgan fingerprint density at radius 2 is 1.94 bits per heavy atom. The molecule has 4 heterocycles. The summed E-state index contributed by atoms with van der Waals surface area (Å²) in [6.45, 7) is 8.39. The maximum atomic E-state index is 12.9. The summed E-state index contributed by atoms with van der Waals surface area (Å²) in [5, 5.41) is 3.97. The molecule has 3 aliphatic heterocycles. The minimum Gasteiger partial charge on any atom is -0.368 e. The van der Waals surface area contributed by atoms with E-state index in [9.17, 15) is 4.79 Å². The Morgan fingerprint density at radius 1 is 1.17 bits per heavy atom. The standard InChI is InChI=1S/C26H34BClN6O/c1-2-21-17-33(25-23(28)15-19(16-31-25)24-29-9-10-30-24)13-14-34(21)22-7-11-32(12-8-22)26(35)18-3-5-20(27)6-4-18/h3-6,15-16,21-22H,2,7-14,17,27H2,1H3,(H,29,30)/t21-/m0/s1. The lowest BCUT2D eigenvalue weighted by Gasteiger charge is -2.47. The van der Waals surface area contributed by atoms with Gasteiger partial charge in [0.05, 0.1) is 11.6 Å². The van der Waals surface area contributed by atoms with Crippen LogP contribution in [0, 0.1) is 0 Å². The third kappa shape index (κ3) is 5.19. The first-order valence-corrected chi connectivity index (χ1v) is 13.2. The normalized spacial score (nSPS) is 21.7. The van der Waals surface area contributed by atoms with Crippen molar-refractivity contribution in [3.8, 4) is 0 Å². The van der Waals surface area contributed by atoms with Crippen LogP contribution in [0.5, 0.6) is 0 Å². The molecule has 0 bridgehead atoms. The van der Waals surface area contributed by atoms with Crippen LogP contribution in [0.3, 0.4) is 0 Å². The number of likely N-dealkylation sites (tertiary alicyclic amines) is 1. The van der Waals surface area contributed by atoms with Crippen LogP contribution in [0.4, 0.5) is 5.82 Å². The first kappa shape index (κ1) is 24.1. The second-order valence-corrected chi connectivity index (χ2v) is 10.2. The number of amidine groups is 1. The van der Waals surface area contributed by atoms with Crippen molar-refractivity contribution in [3.05, 3.63) is 52.7 Å². The molecule has 0 saturated carbocycles. The number of aliphatic imine (C=N–C) groups is 1. The van der Waals surface area contributed by atoms with E-state index in [0.29, 0.717) is 17.1 Å². The van der Waals surface area contributed by atoms with Gasteiger partial charge in [0.1, 0.15) is 19.5 Å². The number of piperazine rings is 1. The number of halogens is 1. The van der Waals surface area contributed by atoms with Crippen molar-refractivity contribution in [2.45, 2.75) is 38.3 Å². The van der Waals surface area contributed by atoms with E-state index in [0.717, 1.165) is 87.9 Å². The summed E-state index contributed by atoms with van der Waals surface area (Å²) in [7, 11) is 2.05. The number of carbonyl (C=O) groups is 1. The largest absolute Gasteiger partial charge is 0.368 e. The Hall–Kier alpha value is -2.58. The van der Waals surface area contributed by atoms with Gasteiger partial charge in [-0.1, -0.05) is 48.3 Å². The van der Waals surface area contributed by atoms with Gasteiger partial charge in [-0.05, 0) is 25.3 Å². The smallest absolute Gasteiger partial charge is 0.253 e. The summed E-state index contributed by atoms with van der Waals surface area (Å²) in [6, 6.07) is 10.9. The van der Waals surface area contributed by atoms with E-state index in [-0.39, 0.29) is 5.91 Å². The molecule has 1 atom stereocenters. The molecule has 0 radical (unpaired) electrons. The van der Waals surface area contributed by atoms with Gasteiger partial charge < -0.3 is 15.1 Å². The summed E-state index contributed by atoms with van der Waals surface area (Å²) in [4.78, 5) is 29.2. The number of nitrogens with zero attached hydrogens (tertiary/aromatic N) is 5. The van der Waals surface area contributed by atoms with E-state index in [2.05, 4.69) is 27.0 Å². The van der Waals surface area contributed by atoms with Crippen LogP contribution in [0.1, 0.15) is 42.1 Å². The summed E-state index contributed by atoms with van der Waals surface area (Å²) >= 11 is 6.68. The number of nitrogens with one attached hydrogen (secondary N) is 1. The van der Waals surface area contributed by atoms with Crippen LogP contribution in [0.25, 0.3) is 0 Å². The number of piperidine rings is 1. The number of carbonyl (C=O) groups excluding carboxylic acids is 1. The van der Waals surface area contributed by atoms with Crippen LogP contribution >= 0.6 is 11.6 Å². The van der Waals surface area contributed by atoms with E-state index in [1.54, 1.807) is 0 Å². The molecule has 0 spiro atoms. The minimum absolute atomic E-state index is 0.156. The Morgan fingerprint density at radius 3 is 2.60 bits per heavy atom. The number of pyridine rings is 1. The summed E-state index contributed by atoms with van der Waals surface area (Å²) in [5.74, 6) is 1.91. The van der Waals surface area contributed by atoms with Crippen LogP contribution < -0.4 is 15.7 Å². The number of benzene rings is 1. The zero-order valence-corrected chi connectivity index (χ0v) is 21.5. The maximum Gasteiger partial charge on any atom is 0.253 e. The molecule has 5 rings (SSSR count). The minimum atomic E-state index is 0.156. The van der Waals surface area contributed by atoms with Gasteiger partial charge >= 0.3 is 0 Å². The second-order valence-electron chi connectivity index (χ2n) is 9.82. The Bertz CT molecular complexity index is 1090. The van der Waals surface area contributed by atoms with Gasteiger partial charge in [0, 0.05) is 68.7 Å². The predicted octanol–water partition coefficient (Wildman–Crippen LogP) is 1.55. The van der Waals surface area contributed by atoms with Gasteiger partial charge in [-0.3, -0.25) is 14.7 Å². The van der Waals surface area contributed by atoms with Gasteiger partial charge in [-0.25, -0.2) is 4.98 Å². The lowest BCUT2D eigenvalue weighted by Crippen LogP contribution is -2.58. The molecule has 1 N–H and O–H groups in total. The van der Waals surface area contributed by atoms with Crippen molar-refractivity contribution in [3.63, 3.8) is 0 Å². The summed E-state index contributed by atoms with van der Waals surface area (Å²) in [6.07, 6.45) is 5.01. The highest BCUT2D eigenvalue weighted by atomic mass is 35.5. The molecule has 7 nitrogen and oxygen atoms in total. The number of anilines is 1. The highest BCUT2D eigenvalue weighted by molar-refractivity contribution is 6.33. The van der Waals surface area contributed by atoms with Crippen molar-refractivity contribution < 1.29 is 4.79 Å². The third-order valence-electron chi connectivity index (χ3n) is 7.59. The third-order valence-corrected chi connectivity index (χ3v) is 7.87. The van der Waals surface area contributed by atoms with E-state index >= 15 is 0 Å². The van der Waals surface area contributed by atoms with Gasteiger partial charge in [-0.15, -0.1) is 0 Å². The molecule has 2 saturated heterocycles. The molecule has 0 unspecified atom stereocenters. The first-order chi connectivity index (χ1) is 17.0. The number of amides is 1. The van der Waals surface area contributed by atoms with Gasteiger partial charge in [0.2, 0.25) is 0 Å². The van der Waals surface area contributed by atoms with Crippen LogP contribution in [0.2, 0.25) is 5.02 Å². The van der Waals surface area contributed by atoms with Gasteiger partial charge in [-0.2, -0.15) is 0 Å². The molecule has 0 aliphatic carbocycles. The molecule has 2 aromatic rings. The van der Waals surface area contributed by atoms with E-state index in [4.69, 9.17) is 16.6 Å². The van der Waals surface area contributed by atoms with Crippen molar-refractivity contribution in [2.75, 3.05) is 50.7 Å². The summed E-state index contributed by atoms with van der Waals surface area (Å²) < 4.78 is 0. The predicted molar refractivity (Wildman–Crippen MR) is 145 cm³/mol. The van der Waals surface area contributed by atoms with Gasteiger partial charge in [0.25, 0.3) is 5.91 Å². The molecule has 3 aliphatic rings. The lowest BCUT2D eigenvalue weighted by molar-refractivity contribution is 0.0491. The topological polar surface area (TPSA) is 64.1 Å². The monoisotopic (exact) mass is 492 g/mol. The fraction of sp³-hybridized carbons (Fsp3) is 0.500. The lowest BCUT2D eigenvalue weighted by atomic mass is 9.94. The zero-order chi connectivity index (χ0) is 24.4. The van der Waals surface area contributed by atoms with Crippen molar-refractivity contribution in [1.29, 1.82) is 0 Å². The molecule has 1 aromatic carbocycles. The molecular weight excluding hydrogens is 459 g/mol. The van der Waals surface area contributed by atoms with E-state index < -0.39 is 0 Å². The maximum absolute atomic E-state index is 12.9. The Kier molecular flexibility index (Phi) is 7.30. The molecule has 184 valence electrons. The Labute approximate surface area is 214 Å². The summed E-state index contributed by atoms with van der Waals surface area (Å²) in [5.41, 5.74) is 2.92. The second kappa shape index (κ2) is 10.6. The molecule has 2 fully saturated rings. The van der Waals surface area contributed by atoms with Crippen LogP contribution in [-0.2, 0) is 0 Å². The van der Waals surface area contributed by atoms with E-state index in [1.165, 1.54) is 5.46 Å². The van der Waals surface area contributed by atoms with Crippen molar-refractivity contribution in [2.24, 2.45) is 4.99 Å². The first-order valence-electron chi connectivity index (χ1n) is 12.8. The highest BCUT2D eigenvalue weighted by Gasteiger charge is 2.35. The quantitative estimate of drug-likeness (QED) is 0.642. The molecule has 35 heavy (non-hydrogen) atoms. The van der Waals surface area contributed by atoms with Crippen LogP contribution in [-0.4, -0.2) is 92.3 Å². The van der Waals surface area contributed by atoms with Gasteiger partial charge in [0.15, 0.2) is 0 Å².